The van der Waals surface area contributed by atoms with Gasteiger partial charge in [0.25, 0.3) is 0 Å². The van der Waals surface area contributed by atoms with Gasteiger partial charge in [0, 0.05) is 36.9 Å². The lowest BCUT2D eigenvalue weighted by atomic mass is 9.72. The second kappa shape index (κ2) is 9.00. The van der Waals surface area contributed by atoms with Gasteiger partial charge < -0.3 is 9.64 Å². The van der Waals surface area contributed by atoms with Crippen LogP contribution in [0.15, 0.2) is 29.8 Å². The van der Waals surface area contributed by atoms with Crippen LogP contribution < -0.4 is 0 Å². The Balaban J connectivity index is 1.50. The highest BCUT2D eigenvalue weighted by Gasteiger charge is 2.38. The predicted octanol–water partition coefficient (Wildman–Crippen LogP) is 5.55. The number of ether oxygens (including phenoxy) is 1. The van der Waals surface area contributed by atoms with Crippen molar-refractivity contribution < 1.29 is 9.53 Å². The number of carbonyl (C=O) groups excluding carboxylic acids is 1. The Labute approximate surface area is 174 Å². The third kappa shape index (κ3) is 4.63. The molecule has 0 aromatic heterocycles. The molecular formula is C24H32ClNO2. The number of fused-ring (bicyclic) bond motifs is 2. The number of methoxy groups -OCH3 is 1. The first kappa shape index (κ1) is 20.0. The van der Waals surface area contributed by atoms with Crippen molar-refractivity contribution in [1.82, 2.24) is 4.90 Å². The molecule has 0 saturated heterocycles. The number of hydrogen-bond acceptors (Lipinski definition) is 2. The van der Waals surface area contributed by atoms with Crippen molar-refractivity contribution in [3.63, 3.8) is 0 Å². The zero-order valence-electron chi connectivity index (χ0n) is 17.0. The van der Waals surface area contributed by atoms with E-state index in [1.165, 1.54) is 31.2 Å². The molecular weight excluding hydrogens is 370 g/mol. The maximum absolute atomic E-state index is 13.5. The molecule has 0 radical (unpaired) electrons. The number of rotatable bonds is 8. The summed E-state index contributed by atoms with van der Waals surface area (Å²) in [5, 5.41) is 0.768. The van der Waals surface area contributed by atoms with Crippen LogP contribution >= 0.6 is 11.6 Å². The van der Waals surface area contributed by atoms with Crippen LogP contribution in [0.5, 0.6) is 0 Å². The van der Waals surface area contributed by atoms with Crippen molar-refractivity contribution in [2.24, 2.45) is 11.8 Å². The first-order valence-corrected chi connectivity index (χ1v) is 11.3. The van der Waals surface area contributed by atoms with Gasteiger partial charge in [0.1, 0.15) is 0 Å². The Kier molecular flexibility index (Phi) is 6.42. The van der Waals surface area contributed by atoms with Crippen LogP contribution in [0.2, 0.25) is 5.02 Å². The molecule has 4 heteroatoms. The van der Waals surface area contributed by atoms with Crippen molar-refractivity contribution in [2.75, 3.05) is 13.7 Å². The lowest BCUT2D eigenvalue weighted by Crippen LogP contribution is -2.37. The molecule has 2 unspecified atom stereocenters. The topological polar surface area (TPSA) is 29.5 Å². The number of benzene rings is 1. The van der Waals surface area contributed by atoms with Gasteiger partial charge in [-0.1, -0.05) is 42.7 Å². The van der Waals surface area contributed by atoms with Crippen LogP contribution in [0.1, 0.15) is 62.5 Å². The molecule has 28 heavy (non-hydrogen) atoms. The van der Waals surface area contributed by atoms with Crippen LogP contribution in [-0.4, -0.2) is 30.6 Å². The van der Waals surface area contributed by atoms with E-state index in [4.69, 9.17) is 16.3 Å². The number of halogens is 1. The summed E-state index contributed by atoms with van der Waals surface area (Å²) >= 11 is 6.52. The van der Waals surface area contributed by atoms with E-state index in [0.29, 0.717) is 18.5 Å². The summed E-state index contributed by atoms with van der Waals surface area (Å²) in [6, 6.07) is 6.66. The maximum atomic E-state index is 13.5. The lowest BCUT2D eigenvalue weighted by Gasteiger charge is -2.36. The Bertz CT molecular complexity index is 740. The van der Waals surface area contributed by atoms with E-state index in [2.05, 4.69) is 23.1 Å². The highest BCUT2D eigenvalue weighted by Crippen LogP contribution is 2.42. The third-order valence-corrected chi connectivity index (χ3v) is 7.02. The van der Waals surface area contributed by atoms with Gasteiger partial charge in [0.2, 0.25) is 5.91 Å². The molecule has 2 saturated carbocycles. The molecule has 1 aromatic rings. The Morgan fingerprint density at radius 2 is 2.11 bits per heavy atom. The molecule has 0 aliphatic heterocycles. The zero-order valence-corrected chi connectivity index (χ0v) is 17.7. The summed E-state index contributed by atoms with van der Waals surface area (Å²) in [7, 11) is 1.74. The fourth-order valence-electron chi connectivity index (χ4n) is 4.94. The second-order valence-corrected chi connectivity index (χ2v) is 9.22. The Morgan fingerprint density at radius 3 is 2.89 bits per heavy atom. The van der Waals surface area contributed by atoms with E-state index in [-0.39, 0.29) is 5.91 Å². The SMILES string of the molecule is COCCCc1ccc(Cl)c(CN(C(=O)C2=CCC3CCCC2C3)C2CC2)c1. The molecule has 1 aromatic carbocycles. The summed E-state index contributed by atoms with van der Waals surface area (Å²) in [4.78, 5) is 15.6. The van der Waals surface area contributed by atoms with Crippen LogP contribution in [-0.2, 0) is 22.5 Å². The quantitative estimate of drug-likeness (QED) is 0.534. The molecule has 3 nitrogen and oxygen atoms in total. The smallest absolute Gasteiger partial charge is 0.250 e. The van der Waals surface area contributed by atoms with Crippen molar-refractivity contribution >= 4 is 17.5 Å². The Hall–Kier alpha value is -1.32. The second-order valence-electron chi connectivity index (χ2n) is 8.81. The lowest BCUT2D eigenvalue weighted by molar-refractivity contribution is -0.129. The van der Waals surface area contributed by atoms with Gasteiger partial charge in [-0.15, -0.1) is 0 Å². The van der Waals surface area contributed by atoms with Gasteiger partial charge in [-0.25, -0.2) is 0 Å². The highest BCUT2D eigenvalue weighted by molar-refractivity contribution is 6.31. The number of nitrogens with zero attached hydrogens (tertiary/aromatic N) is 1. The predicted molar refractivity (Wildman–Crippen MR) is 113 cm³/mol. The molecule has 0 spiro atoms. The fourth-order valence-corrected chi connectivity index (χ4v) is 5.11. The molecule has 2 bridgehead atoms. The molecule has 0 heterocycles. The summed E-state index contributed by atoms with van der Waals surface area (Å²) in [5.74, 6) is 1.56. The molecule has 4 rings (SSSR count). The number of allylic oxidation sites excluding steroid dienone is 1. The first-order chi connectivity index (χ1) is 13.7. The third-order valence-electron chi connectivity index (χ3n) is 6.65. The van der Waals surface area contributed by atoms with Crippen molar-refractivity contribution in [2.45, 2.75) is 70.4 Å². The number of aryl methyl sites for hydroxylation is 1. The van der Waals surface area contributed by atoms with Crippen LogP contribution in [0.25, 0.3) is 0 Å². The van der Waals surface area contributed by atoms with Gasteiger partial charge in [0.05, 0.1) is 0 Å². The van der Waals surface area contributed by atoms with Gasteiger partial charge in [0.15, 0.2) is 0 Å². The molecule has 2 atom stereocenters. The monoisotopic (exact) mass is 401 g/mol. The van der Waals surface area contributed by atoms with E-state index in [1.54, 1.807) is 7.11 Å². The Morgan fingerprint density at radius 1 is 1.25 bits per heavy atom. The van der Waals surface area contributed by atoms with Gasteiger partial charge in [-0.05, 0) is 74.0 Å². The summed E-state index contributed by atoms with van der Waals surface area (Å²) < 4.78 is 5.17. The van der Waals surface area contributed by atoms with Crippen LogP contribution in [0.4, 0.5) is 0 Å². The van der Waals surface area contributed by atoms with E-state index in [1.807, 2.05) is 6.07 Å². The average Bonchev–Trinajstić information content (AvgIpc) is 3.53. The maximum Gasteiger partial charge on any atom is 0.250 e. The highest BCUT2D eigenvalue weighted by atomic mass is 35.5. The normalized spacial score (nSPS) is 24.0. The van der Waals surface area contributed by atoms with Crippen molar-refractivity contribution in [1.29, 1.82) is 0 Å². The summed E-state index contributed by atoms with van der Waals surface area (Å²) in [6.07, 6.45) is 12.6. The van der Waals surface area contributed by atoms with Crippen LogP contribution in [0, 0.1) is 11.8 Å². The molecule has 3 aliphatic rings. The van der Waals surface area contributed by atoms with E-state index in [9.17, 15) is 4.79 Å². The standard InChI is InChI=1S/C24H32ClNO2/c1-28-13-3-5-18-8-12-23(25)20(15-18)16-26(21-9-10-21)24(27)22-11-7-17-4-2-6-19(22)14-17/h8,11-12,15,17,19,21H,2-7,9-10,13-14,16H2,1H3. The molecule has 2 fully saturated rings. The van der Waals surface area contributed by atoms with Crippen molar-refractivity contribution in [3.05, 3.63) is 46.0 Å². The minimum Gasteiger partial charge on any atom is -0.385 e. The van der Waals surface area contributed by atoms with E-state index < -0.39 is 0 Å². The van der Waals surface area contributed by atoms with E-state index >= 15 is 0 Å². The van der Waals surface area contributed by atoms with Crippen LogP contribution in [0.3, 0.4) is 0 Å². The minimum atomic E-state index is 0.272. The summed E-state index contributed by atoms with van der Waals surface area (Å²) in [5.41, 5.74) is 3.44. The molecule has 1 amide bonds. The number of amides is 1. The fraction of sp³-hybridized carbons (Fsp3) is 0.625. The van der Waals surface area contributed by atoms with Gasteiger partial charge >= 0.3 is 0 Å². The summed E-state index contributed by atoms with van der Waals surface area (Å²) in [6.45, 7) is 1.40. The molecule has 0 N–H and O–H groups in total. The largest absolute Gasteiger partial charge is 0.385 e. The average molecular weight is 402 g/mol. The minimum absolute atomic E-state index is 0.272. The van der Waals surface area contributed by atoms with Gasteiger partial charge in [-0.3, -0.25) is 4.79 Å². The van der Waals surface area contributed by atoms with Gasteiger partial charge in [-0.2, -0.15) is 0 Å². The number of carbonyl (C=O) groups is 1. The molecule has 3 aliphatic carbocycles. The zero-order chi connectivity index (χ0) is 19.5. The number of hydrogen-bond donors (Lipinski definition) is 0. The first-order valence-electron chi connectivity index (χ1n) is 10.9. The van der Waals surface area contributed by atoms with Crippen molar-refractivity contribution in [3.8, 4) is 0 Å². The van der Waals surface area contributed by atoms with E-state index in [0.717, 1.165) is 60.8 Å². The molecule has 152 valence electrons.